The summed E-state index contributed by atoms with van der Waals surface area (Å²) in [5.74, 6) is 1.87. The number of nitrogens with zero attached hydrogens (tertiary/aromatic N) is 2. The molecule has 4 heteroatoms. The Bertz CT molecular complexity index is 1260. The van der Waals surface area contributed by atoms with Crippen molar-refractivity contribution in [1.82, 2.24) is 19.9 Å². The lowest BCUT2D eigenvalue weighted by atomic mass is 9.99. The van der Waals surface area contributed by atoms with Gasteiger partial charge in [-0.25, -0.2) is 9.97 Å². The zero-order valence-corrected chi connectivity index (χ0v) is 14.7. The summed E-state index contributed by atoms with van der Waals surface area (Å²) in [6.45, 7) is 3.95. The molecule has 0 bridgehead atoms. The zero-order valence-electron chi connectivity index (χ0n) is 14.7. The number of imidazole rings is 2. The second-order valence-electron chi connectivity index (χ2n) is 6.71. The summed E-state index contributed by atoms with van der Waals surface area (Å²) in [6, 6.07) is 19.5. The molecule has 0 radical (unpaired) electrons. The van der Waals surface area contributed by atoms with Crippen molar-refractivity contribution in [2.75, 3.05) is 0 Å². The summed E-state index contributed by atoms with van der Waals surface area (Å²) in [7, 11) is 0. The van der Waals surface area contributed by atoms with Gasteiger partial charge in [0.1, 0.15) is 11.6 Å². The van der Waals surface area contributed by atoms with E-state index in [1.165, 1.54) is 21.9 Å². The molecule has 2 aromatic heterocycles. The van der Waals surface area contributed by atoms with Gasteiger partial charge in [-0.1, -0.05) is 30.3 Å². The molecular formula is C22H18N4. The molecule has 0 amide bonds. The number of nitrogens with one attached hydrogen (secondary N) is 2. The number of benzene rings is 3. The number of rotatable bonds is 2. The largest absolute Gasteiger partial charge is 0.342 e. The maximum absolute atomic E-state index is 4.47. The standard InChI is InChI=1S/C22H18N4/c1-13-23-12-22(24-13)19-6-5-15-9-16(3-4-17(15)10-19)18-7-8-20-21(11-18)26-14(2)25-20/h3-12H,1-2H3,(H,23,24)(H,25,26). The van der Waals surface area contributed by atoms with Crippen LogP contribution < -0.4 is 0 Å². The first-order valence-corrected chi connectivity index (χ1v) is 8.68. The molecule has 0 saturated carbocycles. The van der Waals surface area contributed by atoms with Crippen LogP contribution in [0.15, 0.2) is 60.8 Å². The average molecular weight is 338 g/mol. The van der Waals surface area contributed by atoms with Crippen molar-refractivity contribution < 1.29 is 0 Å². The van der Waals surface area contributed by atoms with E-state index in [4.69, 9.17) is 0 Å². The van der Waals surface area contributed by atoms with Gasteiger partial charge in [0.25, 0.3) is 0 Å². The topological polar surface area (TPSA) is 57.4 Å². The van der Waals surface area contributed by atoms with Crippen molar-refractivity contribution in [2.24, 2.45) is 0 Å². The fourth-order valence-corrected chi connectivity index (χ4v) is 3.48. The van der Waals surface area contributed by atoms with Crippen molar-refractivity contribution in [3.05, 3.63) is 72.4 Å². The summed E-state index contributed by atoms with van der Waals surface area (Å²) in [5.41, 5.74) is 6.68. The van der Waals surface area contributed by atoms with Gasteiger partial charge in [0.2, 0.25) is 0 Å². The predicted octanol–water partition coefficient (Wildman–Crippen LogP) is 5.39. The molecular weight excluding hydrogens is 320 g/mol. The highest BCUT2D eigenvalue weighted by Gasteiger charge is 2.06. The smallest absolute Gasteiger partial charge is 0.104 e. The van der Waals surface area contributed by atoms with E-state index in [0.717, 1.165) is 33.9 Å². The Morgan fingerprint density at radius 1 is 0.692 bits per heavy atom. The fourth-order valence-electron chi connectivity index (χ4n) is 3.48. The van der Waals surface area contributed by atoms with Gasteiger partial charge >= 0.3 is 0 Å². The Morgan fingerprint density at radius 3 is 2.15 bits per heavy atom. The van der Waals surface area contributed by atoms with Crippen LogP contribution in [-0.2, 0) is 0 Å². The van der Waals surface area contributed by atoms with Crippen LogP contribution >= 0.6 is 0 Å². The zero-order chi connectivity index (χ0) is 17.7. The van der Waals surface area contributed by atoms with Crippen molar-refractivity contribution in [2.45, 2.75) is 13.8 Å². The Kier molecular flexibility index (Phi) is 3.19. The van der Waals surface area contributed by atoms with Crippen molar-refractivity contribution in [3.63, 3.8) is 0 Å². The minimum atomic E-state index is 0.930. The molecule has 0 aliphatic carbocycles. The van der Waals surface area contributed by atoms with Crippen LogP contribution in [0.1, 0.15) is 11.6 Å². The van der Waals surface area contributed by atoms with E-state index < -0.39 is 0 Å². The minimum absolute atomic E-state index is 0.930. The van der Waals surface area contributed by atoms with Crippen LogP contribution in [-0.4, -0.2) is 19.9 Å². The fraction of sp³-hybridized carbons (Fsp3) is 0.0909. The highest BCUT2D eigenvalue weighted by Crippen LogP contribution is 2.29. The predicted molar refractivity (Wildman–Crippen MR) is 106 cm³/mol. The van der Waals surface area contributed by atoms with Crippen molar-refractivity contribution in [1.29, 1.82) is 0 Å². The third kappa shape index (κ3) is 2.47. The van der Waals surface area contributed by atoms with Crippen molar-refractivity contribution >= 4 is 21.8 Å². The van der Waals surface area contributed by atoms with Gasteiger partial charge in [-0.3, -0.25) is 0 Å². The summed E-state index contributed by atoms with van der Waals surface area (Å²) in [6.07, 6.45) is 1.88. The second kappa shape index (κ2) is 5.56. The molecule has 0 unspecified atom stereocenters. The van der Waals surface area contributed by atoms with E-state index >= 15 is 0 Å². The molecule has 5 aromatic rings. The van der Waals surface area contributed by atoms with Gasteiger partial charge in [0.15, 0.2) is 0 Å². The highest BCUT2D eigenvalue weighted by atomic mass is 14.9. The Morgan fingerprint density at radius 2 is 1.38 bits per heavy atom. The number of H-pyrrole nitrogens is 2. The van der Waals surface area contributed by atoms with E-state index in [0.29, 0.717) is 0 Å². The van der Waals surface area contributed by atoms with Gasteiger partial charge < -0.3 is 9.97 Å². The van der Waals surface area contributed by atoms with E-state index in [1.807, 2.05) is 20.0 Å². The van der Waals surface area contributed by atoms with Gasteiger partial charge in [-0.15, -0.1) is 0 Å². The molecule has 0 aliphatic rings. The molecule has 126 valence electrons. The number of fused-ring (bicyclic) bond motifs is 2. The van der Waals surface area contributed by atoms with E-state index in [2.05, 4.69) is 74.5 Å². The Balaban J connectivity index is 1.58. The summed E-state index contributed by atoms with van der Waals surface area (Å²) in [4.78, 5) is 15.4. The second-order valence-corrected chi connectivity index (χ2v) is 6.71. The summed E-state index contributed by atoms with van der Waals surface area (Å²) < 4.78 is 0. The first-order valence-electron chi connectivity index (χ1n) is 8.68. The molecule has 2 N–H and O–H groups in total. The van der Waals surface area contributed by atoms with Gasteiger partial charge in [-0.2, -0.15) is 0 Å². The molecule has 26 heavy (non-hydrogen) atoms. The quantitative estimate of drug-likeness (QED) is 0.453. The third-order valence-corrected chi connectivity index (χ3v) is 4.79. The number of hydrogen-bond acceptors (Lipinski definition) is 2. The van der Waals surface area contributed by atoms with Gasteiger partial charge in [0, 0.05) is 5.56 Å². The molecule has 0 saturated heterocycles. The molecule has 0 spiro atoms. The van der Waals surface area contributed by atoms with Crippen LogP contribution in [0.2, 0.25) is 0 Å². The van der Waals surface area contributed by atoms with Crippen LogP contribution in [0.5, 0.6) is 0 Å². The number of aryl methyl sites for hydroxylation is 2. The SMILES string of the molecule is Cc1ncc(-c2ccc3cc(-c4ccc5nc(C)[nH]c5c4)ccc3c2)[nH]1. The summed E-state index contributed by atoms with van der Waals surface area (Å²) in [5, 5.41) is 2.44. The third-order valence-electron chi connectivity index (χ3n) is 4.79. The van der Waals surface area contributed by atoms with E-state index in [-0.39, 0.29) is 0 Å². The normalized spacial score (nSPS) is 11.5. The molecule has 3 aromatic carbocycles. The molecule has 0 fully saturated rings. The highest BCUT2D eigenvalue weighted by molar-refractivity contribution is 5.91. The van der Waals surface area contributed by atoms with Crippen LogP contribution in [0.25, 0.3) is 44.2 Å². The molecule has 4 nitrogen and oxygen atoms in total. The van der Waals surface area contributed by atoms with Crippen molar-refractivity contribution in [3.8, 4) is 22.4 Å². The van der Waals surface area contributed by atoms with Crippen LogP contribution in [0, 0.1) is 13.8 Å². The molecule has 2 heterocycles. The molecule has 5 rings (SSSR count). The maximum atomic E-state index is 4.47. The van der Waals surface area contributed by atoms with Gasteiger partial charge in [-0.05, 0) is 60.0 Å². The first kappa shape index (κ1) is 14.9. The Labute approximate surface area is 150 Å². The number of aromatic amines is 2. The lowest BCUT2D eigenvalue weighted by Gasteiger charge is -2.06. The van der Waals surface area contributed by atoms with E-state index in [9.17, 15) is 0 Å². The Hall–Kier alpha value is -3.40. The minimum Gasteiger partial charge on any atom is -0.342 e. The summed E-state index contributed by atoms with van der Waals surface area (Å²) >= 11 is 0. The maximum Gasteiger partial charge on any atom is 0.104 e. The number of aromatic nitrogens is 4. The van der Waals surface area contributed by atoms with Crippen LogP contribution in [0.3, 0.4) is 0 Å². The van der Waals surface area contributed by atoms with E-state index in [1.54, 1.807) is 0 Å². The average Bonchev–Trinajstić information content (AvgIpc) is 3.24. The first-order chi connectivity index (χ1) is 12.7. The monoisotopic (exact) mass is 338 g/mol. The molecule has 0 aliphatic heterocycles. The van der Waals surface area contributed by atoms with Gasteiger partial charge in [0.05, 0.1) is 22.9 Å². The number of hydrogen-bond donors (Lipinski definition) is 2. The lowest BCUT2D eigenvalue weighted by Crippen LogP contribution is -1.82. The lowest BCUT2D eigenvalue weighted by molar-refractivity contribution is 1.15. The molecule has 0 atom stereocenters. The van der Waals surface area contributed by atoms with Crippen LogP contribution in [0.4, 0.5) is 0 Å².